The van der Waals surface area contributed by atoms with Crippen molar-refractivity contribution in [3.63, 3.8) is 0 Å². The van der Waals surface area contributed by atoms with Crippen molar-refractivity contribution in [1.82, 2.24) is 15.1 Å². The van der Waals surface area contributed by atoms with Gasteiger partial charge in [-0.05, 0) is 56.4 Å². The molecule has 0 spiro atoms. The summed E-state index contributed by atoms with van der Waals surface area (Å²) in [5.41, 5.74) is 5.27. The number of hydrogen-bond acceptors (Lipinski definition) is 2. The second-order valence-corrected chi connectivity index (χ2v) is 7.04. The van der Waals surface area contributed by atoms with Crippen molar-refractivity contribution in [2.24, 2.45) is 0 Å². The van der Waals surface area contributed by atoms with E-state index in [2.05, 4.69) is 50.7 Å². The van der Waals surface area contributed by atoms with Crippen LogP contribution in [0.25, 0.3) is 5.69 Å². The van der Waals surface area contributed by atoms with E-state index in [0.29, 0.717) is 11.7 Å². The molecule has 1 heterocycles. The van der Waals surface area contributed by atoms with Crippen LogP contribution in [0.1, 0.15) is 17.0 Å². The molecule has 3 aromatic rings. The molecule has 0 aliphatic carbocycles. The van der Waals surface area contributed by atoms with Crippen LogP contribution in [0.2, 0.25) is 0 Å². The first kappa shape index (κ1) is 17.6. The summed E-state index contributed by atoms with van der Waals surface area (Å²) in [6, 6.07) is 18.0. The van der Waals surface area contributed by atoms with E-state index in [0.717, 1.165) is 32.8 Å². The highest BCUT2D eigenvalue weighted by Crippen LogP contribution is 2.18. The minimum atomic E-state index is 0.587. The van der Waals surface area contributed by atoms with Crippen molar-refractivity contribution in [2.75, 3.05) is 5.32 Å². The smallest absolute Gasteiger partial charge is 0.171 e. The van der Waals surface area contributed by atoms with Gasteiger partial charge in [-0.15, -0.1) is 0 Å². The Morgan fingerprint density at radius 1 is 1.12 bits per heavy atom. The molecular weight excluding hydrogens is 396 g/mol. The molecule has 1 aromatic heterocycles. The first-order valence-corrected chi connectivity index (χ1v) is 9.15. The average molecular weight is 415 g/mol. The SMILES string of the molecule is Cc1nn(-c2ccccc2)c(C)c1CNC(=S)Nc1cccc(Br)c1. The third-order valence-corrected chi connectivity index (χ3v) is 4.69. The van der Waals surface area contributed by atoms with E-state index in [1.54, 1.807) is 0 Å². The molecule has 2 N–H and O–H groups in total. The molecule has 0 aliphatic rings. The van der Waals surface area contributed by atoms with Crippen molar-refractivity contribution in [2.45, 2.75) is 20.4 Å². The highest BCUT2D eigenvalue weighted by Gasteiger charge is 2.12. The Hall–Kier alpha value is -2.18. The lowest BCUT2D eigenvalue weighted by molar-refractivity contribution is 0.830. The van der Waals surface area contributed by atoms with Gasteiger partial charge in [0.2, 0.25) is 0 Å². The number of rotatable bonds is 4. The Morgan fingerprint density at radius 2 is 1.88 bits per heavy atom. The molecule has 4 nitrogen and oxygen atoms in total. The van der Waals surface area contributed by atoms with Gasteiger partial charge in [-0.3, -0.25) is 0 Å². The van der Waals surface area contributed by atoms with Crippen molar-refractivity contribution in [3.05, 3.63) is 76.0 Å². The summed E-state index contributed by atoms with van der Waals surface area (Å²) in [6.45, 7) is 4.73. The van der Waals surface area contributed by atoms with Crippen molar-refractivity contribution >= 4 is 38.9 Å². The Kier molecular flexibility index (Phi) is 5.50. The van der Waals surface area contributed by atoms with Crippen molar-refractivity contribution in [3.8, 4) is 5.69 Å². The molecule has 0 atom stereocenters. The summed E-state index contributed by atoms with van der Waals surface area (Å²) < 4.78 is 2.98. The fourth-order valence-electron chi connectivity index (χ4n) is 2.66. The van der Waals surface area contributed by atoms with Crippen LogP contribution >= 0.6 is 28.1 Å². The number of thiocarbonyl (C=S) groups is 1. The van der Waals surface area contributed by atoms with Crippen LogP contribution in [0.3, 0.4) is 0 Å². The van der Waals surface area contributed by atoms with E-state index >= 15 is 0 Å². The monoisotopic (exact) mass is 414 g/mol. The number of aryl methyl sites for hydroxylation is 1. The van der Waals surface area contributed by atoms with Gasteiger partial charge in [0, 0.05) is 28.0 Å². The standard InChI is InChI=1S/C19H19BrN4S/c1-13-18(14(2)24(23-13)17-9-4-3-5-10-17)12-21-19(25)22-16-8-6-7-15(20)11-16/h3-11H,12H2,1-2H3,(H2,21,22,25). The number of para-hydroxylation sites is 1. The van der Waals surface area contributed by atoms with Gasteiger partial charge < -0.3 is 10.6 Å². The van der Waals surface area contributed by atoms with Crippen LogP contribution in [0, 0.1) is 13.8 Å². The second kappa shape index (κ2) is 7.80. The fraction of sp³-hybridized carbons (Fsp3) is 0.158. The molecule has 0 fully saturated rings. The Morgan fingerprint density at radius 3 is 2.60 bits per heavy atom. The summed E-state index contributed by atoms with van der Waals surface area (Å²) in [5, 5.41) is 11.7. The largest absolute Gasteiger partial charge is 0.358 e. The van der Waals surface area contributed by atoms with Gasteiger partial charge in [0.15, 0.2) is 5.11 Å². The van der Waals surface area contributed by atoms with Gasteiger partial charge in [0.05, 0.1) is 11.4 Å². The van der Waals surface area contributed by atoms with Gasteiger partial charge in [-0.2, -0.15) is 5.10 Å². The average Bonchev–Trinajstić information content (AvgIpc) is 2.88. The fourth-order valence-corrected chi connectivity index (χ4v) is 3.25. The zero-order valence-corrected chi connectivity index (χ0v) is 16.5. The Balaban J connectivity index is 1.69. The van der Waals surface area contributed by atoms with E-state index in [1.807, 2.05) is 54.1 Å². The van der Waals surface area contributed by atoms with Crippen LogP contribution < -0.4 is 10.6 Å². The normalized spacial score (nSPS) is 10.5. The molecular formula is C19H19BrN4S. The van der Waals surface area contributed by atoms with E-state index in [4.69, 9.17) is 12.2 Å². The minimum Gasteiger partial charge on any atom is -0.358 e. The summed E-state index contributed by atoms with van der Waals surface area (Å²) in [4.78, 5) is 0. The maximum absolute atomic E-state index is 5.40. The van der Waals surface area contributed by atoms with Gasteiger partial charge in [0.25, 0.3) is 0 Å². The zero-order valence-electron chi connectivity index (χ0n) is 14.1. The van der Waals surface area contributed by atoms with E-state index < -0.39 is 0 Å². The highest BCUT2D eigenvalue weighted by atomic mass is 79.9. The predicted molar refractivity (Wildman–Crippen MR) is 110 cm³/mol. The number of nitrogens with one attached hydrogen (secondary N) is 2. The highest BCUT2D eigenvalue weighted by molar-refractivity contribution is 9.10. The van der Waals surface area contributed by atoms with Gasteiger partial charge >= 0.3 is 0 Å². The maximum Gasteiger partial charge on any atom is 0.171 e. The number of hydrogen-bond donors (Lipinski definition) is 2. The summed E-state index contributed by atoms with van der Waals surface area (Å²) in [7, 11) is 0. The number of anilines is 1. The number of halogens is 1. The summed E-state index contributed by atoms with van der Waals surface area (Å²) in [6.07, 6.45) is 0. The molecule has 0 amide bonds. The van der Waals surface area contributed by atoms with E-state index in [1.165, 1.54) is 0 Å². The minimum absolute atomic E-state index is 0.587. The molecule has 0 radical (unpaired) electrons. The lowest BCUT2D eigenvalue weighted by Gasteiger charge is -2.11. The second-order valence-electron chi connectivity index (χ2n) is 5.71. The number of aromatic nitrogens is 2. The molecule has 0 saturated heterocycles. The van der Waals surface area contributed by atoms with Crippen LogP contribution in [0.5, 0.6) is 0 Å². The van der Waals surface area contributed by atoms with Gasteiger partial charge in [-0.1, -0.05) is 40.2 Å². The lowest BCUT2D eigenvalue weighted by Crippen LogP contribution is -2.28. The first-order valence-electron chi connectivity index (χ1n) is 7.95. The van der Waals surface area contributed by atoms with Crippen molar-refractivity contribution in [1.29, 1.82) is 0 Å². The molecule has 2 aromatic carbocycles. The molecule has 0 saturated carbocycles. The molecule has 0 bridgehead atoms. The van der Waals surface area contributed by atoms with Gasteiger partial charge in [0.1, 0.15) is 0 Å². The van der Waals surface area contributed by atoms with Crippen molar-refractivity contribution < 1.29 is 0 Å². The third kappa shape index (κ3) is 4.27. The quantitative estimate of drug-likeness (QED) is 0.605. The number of benzene rings is 2. The van der Waals surface area contributed by atoms with Crippen LogP contribution in [0.4, 0.5) is 5.69 Å². The molecule has 128 valence electrons. The van der Waals surface area contributed by atoms with E-state index in [9.17, 15) is 0 Å². The predicted octanol–water partition coefficient (Wildman–Crippen LogP) is 4.74. The number of nitrogens with zero attached hydrogens (tertiary/aromatic N) is 2. The molecule has 0 aliphatic heterocycles. The zero-order chi connectivity index (χ0) is 17.8. The first-order chi connectivity index (χ1) is 12.0. The molecule has 25 heavy (non-hydrogen) atoms. The summed E-state index contributed by atoms with van der Waals surface area (Å²) >= 11 is 8.86. The van der Waals surface area contributed by atoms with E-state index in [-0.39, 0.29) is 0 Å². The van der Waals surface area contributed by atoms with Gasteiger partial charge in [-0.25, -0.2) is 4.68 Å². The summed E-state index contributed by atoms with van der Waals surface area (Å²) in [5.74, 6) is 0. The molecule has 6 heteroatoms. The maximum atomic E-state index is 5.40. The third-order valence-electron chi connectivity index (χ3n) is 3.95. The van der Waals surface area contributed by atoms with Crippen LogP contribution in [-0.4, -0.2) is 14.9 Å². The Bertz CT molecular complexity index is 890. The van der Waals surface area contributed by atoms with Crippen LogP contribution in [-0.2, 0) is 6.54 Å². The lowest BCUT2D eigenvalue weighted by atomic mass is 10.2. The Labute approximate surface area is 161 Å². The topological polar surface area (TPSA) is 41.9 Å². The molecule has 0 unspecified atom stereocenters. The molecule has 3 rings (SSSR count). The van der Waals surface area contributed by atoms with Crippen LogP contribution in [0.15, 0.2) is 59.1 Å².